The first-order valence-electron chi connectivity index (χ1n) is 6.51. The number of carbonyl (C=O) groups excluding carboxylic acids is 2. The number of hydrogen-bond acceptors (Lipinski definition) is 3. The van der Waals surface area contributed by atoms with Crippen LogP contribution in [0, 0.1) is 0 Å². The molecular formula is C14H17BrN2O4. The first-order chi connectivity index (χ1) is 9.99. The van der Waals surface area contributed by atoms with E-state index in [-0.39, 0.29) is 24.8 Å². The molecular weight excluding hydrogens is 340 g/mol. The van der Waals surface area contributed by atoms with Crippen LogP contribution in [0.2, 0.25) is 0 Å². The topological polar surface area (TPSA) is 95.5 Å². The van der Waals surface area contributed by atoms with Gasteiger partial charge in [-0.2, -0.15) is 0 Å². The van der Waals surface area contributed by atoms with Gasteiger partial charge in [0.05, 0.1) is 6.54 Å². The summed E-state index contributed by atoms with van der Waals surface area (Å²) < 4.78 is 0.790. The van der Waals surface area contributed by atoms with Gasteiger partial charge < -0.3 is 15.7 Å². The number of hydrogen-bond donors (Lipinski definition) is 3. The summed E-state index contributed by atoms with van der Waals surface area (Å²) in [5.74, 6) is -1.46. The van der Waals surface area contributed by atoms with Gasteiger partial charge >= 0.3 is 5.97 Å². The highest BCUT2D eigenvalue weighted by Crippen LogP contribution is 2.11. The summed E-state index contributed by atoms with van der Waals surface area (Å²) in [5, 5.41) is 13.6. The van der Waals surface area contributed by atoms with E-state index >= 15 is 0 Å². The molecule has 6 nitrogen and oxygen atoms in total. The number of carbonyl (C=O) groups is 3. The number of rotatable bonds is 8. The molecule has 0 aliphatic carbocycles. The minimum atomic E-state index is -0.845. The summed E-state index contributed by atoms with van der Waals surface area (Å²) in [6.45, 7) is 0.295. The number of unbranched alkanes of at least 4 members (excludes halogenated alkanes) is 1. The summed E-state index contributed by atoms with van der Waals surface area (Å²) in [7, 11) is 0. The Balaban J connectivity index is 2.21. The number of carboxylic acids is 1. The third-order valence-corrected chi connectivity index (χ3v) is 3.13. The van der Waals surface area contributed by atoms with E-state index in [9.17, 15) is 14.4 Å². The average molecular weight is 357 g/mol. The van der Waals surface area contributed by atoms with Crippen LogP contribution in [0.15, 0.2) is 28.7 Å². The van der Waals surface area contributed by atoms with Gasteiger partial charge in [-0.15, -0.1) is 0 Å². The zero-order valence-corrected chi connectivity index (χ0v) is 13.0. The maximum Gasteiger partial charge on any atom is 0.303 e. The Morgan fingerprint density at radius 2 is 1.90 bits per heavy atom. The molecule has 1 aromatic rings. The molecule has 7 heteroatoms. The van der Waals surface area contributed by atoms with Crippen LogP contribution in [0.1, 0.15) is 29.6 Å². The lowest BCUT2D eigenvalue weighted by Gasteiger charge is -2.07. The van der Waals surface area contributed by atoms with Crippen molar-refractivity contribution in [2.75, 3.05) is 13.1 Å². The predicted octanol–water partition coefficient (Wildman–Crippen LogP) is 1.55. The Bertz CT molecular complexity index is 519. The normalized spacial score (nSPS) is 9.95. The second-order valence-electron chi connectivity index (χ2n) is 4.39. The van der Waals surface area contributed by atoms with Gasteiger partial charge in [0.15, 0.2) is 0 Å². The molecule has 0 fully saturated rings. The highest BCUT2D eigenvalue weighted by Gasteiger charge is 2.08. The molecule has 2 amide bonds. The smallest absolute Gasteiger partial charge is 0.303 e. The maximum absolute atomic E-state index is 11.8. The molecule has 114 valence electrons. The summed E-state index contributed by atoms with van der Waals surface area (Å²) in [6.07, 6.45) is 1.20. The molecule has 0 unspecified atom stereocenters. The summed E-state index contributed by atoms with van der Waals surface area (Å²) in [4.78, 5) is 33.6. The molecule has 0 saturated carbocycles. The summed E-state index contributed by atoms with van der Waals surface area (Å²) >= 11 is 3.27. The summed E-state index contributed by atoms with van der Waals surface area (Å²) in [6, 6.07) is 6.87. The van der Waals surface area contributed by atoms with Gasteiger partial charge in [0, 0.05) is 23.0 Å². The molecule has 1 rings (SSSR count). The number of aliphatic carboxylic acids is 1. The highest BCUT2D eigenvalue weighted by atomic mass is 79.9. The quantitative estimate of drug-likeness (QED) is 0.615. The minimum Gasteiger partial charge on any atom is -0.481 e. The van der Waals surface area contributed by atoms with E-state index in [1.165, 1.54) is 0 Å². The molecule has 0 spiro atoms. The Hall–Kier alpha value is -1.89. The number of nitrogens with one attached hydrogen (secondary N) is 2. The monoisotopic (exact) mass is 356 g/mol. The van der Waals surface area contributed by atoms with Crippen LogP contribution in [0.25, 0.3) is 0 Å². The van der Waals surface area contributed by atoms with Crippen molar-refractivity contribution in [3.63, 3.8) is 0 Å². The van der Waals surface area contributed by atoms with Crippen LogP contribution in [0.5, 0.6) is 0 Å². The van der Waals surface area contributed by atoms with Crippen molar-refractivity contribution >= 4 is 33.7 Å². The fraction of sp³-hybridized carbons (Fsp3) is 0.357. The van der Waals surface area contributed by atoms with Crippen LogP contribution in [-0.2, 0) is 9.59 Å². The first-order valence-corrected chi connectivity index (χ1v) is 7.30. The van der Waals surface area contributed by atoms with Gasteiger partial charge in [-0.25, -0.2) is 0 Å². The van der Waals surface area contributed by atoms with Crippen molar-refractivity contribution in [2.24, 2.45) is 0 Å². The summed E-state index contributed by atoms with van der Waals surface area (Å²) in [5.41, 5.74) is 0.471. The van der Waals surface area contributed by atoms with E-state index < -0.39 is 5.97 Å². The van der Waals surface area contributed by atoms with Crippen LogP contribution < -0.4 is 10.6 Å². The Kier molecular flexibility index (Phi) is 7.45. The molecule has 1 aromatic carbocycles. The number of carboxylic acid groups (broad SMARTS) is 1. The van der Waals surface area contributed by atoms with Gasteiger partial charge in [0.1, 0.15) is 0 Å². The lowest BCUT2D eigenvalue weighted by atomic mass is 10.2. The minimum absolute atomic E-state index is 0.0927. The fourth-order valence-corrected chi connectivity index (χ4v) is 1.98. The van der Waals surface area contributed by atoms with E-state index in [4.69, 9.17) is 5.11 Å². The van der Waals surface area contributed by atoms with Gasteiger partial charge in [0.2, 0.25) is 5.91 Å². The second-order valence-corrected chi connectivity index (χ2v) is 5.31. The molecule has 0 heterocycles. The van der Waals surface area contributed by atoms with Crippen LogP contribution in [0.3, 0.4) is 0 Å². The predicted molar refractivity (Wildman–Crippen MR) is 81.0 cm³/mol. The van der Waals surface area contributed by atoms with Crippen molar-refractivity contribution < 1.29 is 19.5 Å². The van der Waals surface area contributed by atoms with Crippen molar-refractivity contribution in [2.45, 2.75) is 19.3 Å². The molecule has 0 atom stereocenters. The van der Waals surface area contributed by atoms with Crippen molar-refractivity contribution in [3.8, 4) is 0 Å². The third kappa shape index (κ3) is 7.45. The van der Waals surface area contributed by atoms with Crippen LogP contribution in [-0.4, -0.2) is 36.0 Å². The molecule has 0 aliphatic rings. The number of amides is 2. The van der Waals surface area contributed by atoms with Crippen molar-refractivity contribution in [1.29, 1.82) is 0 Å². The molecule has 0 bridgehead atoms. The number of halogens is 1. The van der Waals surface area contributed by atoms with E-state index in [1.54, 1.807) is 24.3 Å². The van der Waals surface area contributed by atoms with E-state index in [0.29, 0.717) is 24.9 Å². The second kappa shape index (κ2) is 9.12. The van der Waals surface area contributed by atoms with Crippen LogP contribution >= 0.6 is 15.9 Å². The standard InChI is InChI=1S/C14H17BrN2O4/c15-11-5-3-4-10(8-11)14(21)17-9-12(18)16-7-2-1-6-13(19)20/h3-5,8H,1-2,6-7,9H2,(H,16,18)(H,17,21)(H,19,20). The van der Waals surface area contributed by atoms with Gasteiger partial charge in [0.25, 0.3) is 5.91 Å². The zero-order valence-electron chi connectivity index (χ0n) is 11.4. The molecule has 0 aromatic heterocycles. The van der Waals surface area contributed by atoms with Gasteiger partial charge in [-0.3, -0.25) is 14.4 Å². The maximum atomic E-state index is 11.8. The van der Waals surface area contributed by atoms with E-state index in [2.05, 4.69) is 26.6 Å². The molecule has 3 N–H and O–H groups in total. The Labute approximate surface area is 131 Å². The van der Waals surface area contributed by atoms with Crippen LogP contribution in [0.4, 0.5) is 0 Å². The highest BCUT2D eigenvalue weighted by molar-refractivity contribution is 9.10. The molecule has 0 radical (unpaired) electrons. The number of benzene rings is 1. The average Bonchev–Trinajstić information content (AvgIpc) is 2.44. The zero-order chi connectivity index (χ0) is 15.7. The third-order valence-electron chi connectivity index (χ3n) is 2.64. The van der Waals surface area contributed by atoms with E-state index in [0.717, 1.165) is 4.47 Å². The molecule has 21 heavy (non-hydrogen) atoms. The lowest BCUT2D eigenvalue weighted by molar-refractivity contribution is -0.137. The Morgan fingerprint density at radius 1 is 1.14 bits per heavy atom. The lowest BCUT2D eigenvalue weighted by Crippen LogP contribution is -2.37. The first kappa shape index (κ1) is 17.2. The Morgan fingerprint density at radius 3 is 2.57 bits per heavy atom. The molecule has 0 aliphatic heterocycles. The molecule has 0 saturated heterocycles. The van der Waals surface area contributed by atoms with Gasteiger partial charge in [-0.1, -0.05) is 22.0 Å². The van der Waals surface area contributed by atoms with Crippen molar-refractivity contribution in [1.82, 2.24) is 10.6 Å². The van der Waals surface area contributed by atoms with E-state index in [1.807, 2.05) is 0 Å². The van der Waals surface area contributed by atoms with Crippen molar-refractivity contribution in [3.05, 3.63) is 34.3 Å². The fourth-order valence-electron chi connectivity index (χ4n) is 1.58. The SMILES string of the molecule is O=C(O)CCCCNC(=O)CNC(=O)c1cccc(Br)c1. The van der Waals surface area contributed by atoms with Gasteiger partial charge in [-0.05, 0) is 31.0 Å². The largest absolute Gasteiger partial charge is 0.481 e.